The Morgan fingerprint density at radius 3 is 2.64 bits per heavy atom. The molecule has 1 heterocycles. The summed E-state index contributed by atoms with van der Waals surface area (Å²) in [5, 5.41) is 7.01. The Labute approximate surface area is 75.3 Å². The van der Waals surface area contributed by atoms with Gasteiger partial charge in [-0.25, -0.2) is 8.78 Å². The van der Waals surface area contributed by atoms with Crippen LogP contribution in [0.4, 0.5) is 23.4 Å². The molecule has 1 aromatic heterocycles. The third-order valence-electron chi connectivity index (χ3n) is 1.33. The highest BCUT2D eigenvalue weighted by Gasteiger charge is 2.49. The van der Waals surface area contributed by atoms with Crippen molar-refractivity contribution in [2.45, 2.75) is 12.3 Å². The van der Waals surface area contributed by atoms with Crippen LogP contribution in [0.1, 0.15) is 0 Å². The van der Waals surface area contributed by atoms with Crippen LogP contribution in [0.2, 0.25) is 0 Å². The van der Waals surface area contributed by atoms with Gasteiger partial charge in [-0.1, -0.05) is 0 Å². The van der Waals surface area contributed by atoms with E-state index in [0.717, 1.165) is 6.07 Å². The second-order valence-electron chi connectivity index (χ2n) is 2.35. The van der Waals surface area contributed by atoms with Crippen LogP contribution in [0.25, 0.3) is 0 Å². The quantitative estimate of drug-likeness (QED) is 0.739. The maximum atomic E-state index is 12.3. The zero-order valence-electron chi connectivity index (χ0n) is 6.60. The van der Waals surface area contributed by atoms with Crippen LogP contribution in [0.3, 0.4) is 0 Å². The van der Waals surface area contributed by atoms with E-state index >= 15 is 0 Å². The molecule has 1 amide bonds. The first-order valence-electron chi connectivity index (χ1n) is 3.41. The molecule has 2 N–H and O–H groups in total. The minimum absolute atomic E-state index is 0.171. The first-order chi connectivity index (χ1) is 6.44. The van der Waals surface area contributed by atoms with Gasteiger partial charge in [0.05, 0.1) is 6.20 Å². The van der Waals surface area contributed by atoms with Crippen LogP contribution < -0.4 is 5.32 Å². The first-order valence-corrected chi connectivity index (χ1v) is 3.41. The highest BCUT2D eigenvalue weighted by Crippen LogP contribution is 2.24. The van der Waals surface area contributed by atoms with Crippen molar-refractivity contribution in [3.8, 4) is 0 Å². The first kappa shape index (κ1) is 10.5. The minimum atomic E-state index is -4.70. The predicted molar refractivity (Wildman–Crippen MR) is 38.2 cm³/mol. The van der Waals surface area contributed by atoms with Crippen LogP contribution in [0.5, 0.6) is 0 Å². The van der Waals surface area contributed by atoms with Crippen molar-refractivity contribution in [3.63, 3.8) is 0 Å². The summed E-state index contributed by atoms with van der Waals surface area (Å²) in [6.07, 6.45) is -2.86. The molecule has 0 spiro atoms. The predicted octanol–water partition coefficient (Wildman–Crippen LogP) is 1.25. The maximum Gasteiger partial charge on any atom is 0.383 e. The number of nitrogens with one attached hydrogen (secondary N) is 2. The fourth-order valence-corrected chi connectivity index (χ4v) is 0.630. The average molecular weight is 211 g/mol. The van der Waals surface area contributed by atoms with Crippen LogP contribution in [0.15, 0.2) is 12.3 Å². The van der Waals surface area contributed by atoms with E-state index in [9.17, 15) is 22.4 Å². The molecular weight excluding hydrogens is 206 g/mol. The Bertz CT molecular complexity index is 311. The van der Waals surface area contributed by atoms with E-state index in [4.69, 9.17) is 0 Å². The number of carbonyl (C=O) groups excluding carboxylic acids is 1. The van der Waals surface area contributed by atoms with E-state index in [2.05, 4.69) is 10.2 Å². The molecule has 0 radical (unpaired) electrons. The average Bonchev–Trinajstić information content (AvgIpc) is 2.56. The van der Waals surface area contributed by atoms with Crippen molar-refractivity contribution < 1.29 is 22.4 Å². The number of hydrogen-bond donors (Lipinski definition) is 2. The van der Waals surface area contributed by atoms with Gasteiger partial charge in [-0.2, -0.15) is 13.9 Å². The Kier molecular flexibility index (Phi) is 2.73. The molecule has 1 rings (SSSR count). The van der Waals surface area contributed by atoms with E-state index in [1.807, 2.05) is 0 Å². The zero-order valence-corrected chi connectivity index (χ0v) is 6.60. The number of carbonyl (C=O) groups is 1. The Hall–Kier alpha value is -1.60. The van der Waals surface area contributed by atoms with Gasteiger partial charge in [0, 0.05) is 6.07 Å². The number of amides is 1. The summed E-state index contributed by atoms with van der Waals surface area (Å²) in [5.41, 5.74) is 0. The minimum Gasteiger partial charge on any atom is -0.306 e. The third-order valence-corrected chi connectivity index (χ3v) is 1.33. The smallest absolute Gasteiger partial charge is 0.306 e. The lowest BCUT2D eigenvalue weighted by Gasteiger charge is -2.13. The van der Waals surface area contributed by atoms with Gasteiger partial charge >= 0.3 is 18.3 Å². The van der Waals surface area contributed by atoms with Crippen LogP contribution in [-0.4, -0.2) is 28.5 Å². The zero-order chi connectivity index (χ0) is 10.8. The van der Waals surface area contributed by atoms with Crippen molar-refractivity contribution in [1.82, 2.24) is 10.2 Å². The van der Waals surface area contributed by atoms with Gasteiger partial charge in [0.15, 0.2) is 0 Å². The standard InChI is InChI=1S/C6H5F4N3O/c7-4(8)6(9,10)5(14)12-3-1-2-11-13-3/h1-2,4H,(H2,11,12,13,14). The molecule has 78 valence electrons. The van der Waals surface area contributed by atoms with E-state index < -0.39 is 18.3 Å². The molecule has 8 heteroatoms. The topological polar surface area (TPSA) is 57.8 Å². The molecule has 0 atom stereocenters. The molecule has 0 aliphatic rings. The Morgan fingerprint density at radius 1 is 1.57 bits per heavy atom. The van der Waals surface area contributed by atoms with Crippen molar-refractivity contribution >= 4 is 11.7 Å². The lowest BCUT2D eigenvalue weighted by Crippen LogP contribution is -2.41. The van der Waals surface area contributed by atoms with Gasteiger partial charge in [-0.05, 0) is 0 Å². The molecule has 0 aromatic carbocycles. The second-order valence-corrected chi connectivity index (χ2v) is 2.35. The lowest BCUT2D eigenvalue weighted by atomic mass is 10.3. The monoisotopic (exact) mass is 211 g/mol. The van der Waals surface area contributed by atoms with Gasteiger partial charge in [-0.3, -0.25) is 9.89 Å². The number of aromatic amines is 1. The number of nitrogens with zero attached hydrogens (tertiary/aromatic N) is 1. The SMILES string of the molecule is O=C(Nc1ccn[nH]1)C(F)(F)C(F)F. The number of H-pyrrole nitrogens is 1. The van der Waals surface area contributed by atoms with Crippen LogP contribution in [-0.2, 0) is 4.79 Å². The van der Waals surface area contributed by atoms with Gasteiger partial charge in [0.2, 0.25) is 0 Å². The fraction of sp³-hybridized carbons (Fsp3) is 0.333. The van der Waals surface area contributed by atoms with E-state index in [0.29, 0.717) is 0 Å². The van der Waals surface area contributed by atoms with Crippen molar-refractivity contribution in [3.05, 3.63) is 12.3 Å². The normalized spacial score (nSPS) is 11.8. The molecular formula is C6H5F4N3O. The van der Waals surface area contributed by atoms with Gasteiger partial charge in [0.25, 0.3) is 0 Å². The number of anilines is 1. The van der Waals surface area contributed by atoms with E-state index in [-0.39, 0.29) is 5.82 Å². The van der Waals surface area contributed by atoms with E-state index in [1.54, 1.807) is 5.32 Å². The Balaban J connectivity index is 2.67. The summed E-state index contributed by atoms with van der Waals surface area (Å²) in [6, 6.07) is 1.15. The van der Waals surface area contributed by atoms with Gasteiger partial charge in [-0.15, -0.1) is 0 Å². The maximum absolute atomic E-state index is 12.3. The number of alkyl halides is 4. The van der Waals surface area contributed by atoms with Gasteiger partial charge < -0.3 is 5.32 Å². The molecule has 4 nitrogen and oxygen atoms in total. The molecule has 0 saturated heterocycles. The highest BCUT2D eigenvalue weighted by atomic mass is 19.3. The van der Waals surface area contributed by atoms with Crippen molar-refractivity contribution in [2.75, 3.05) is 5.32 Å². The second kappa shape index (κ2) is 3.64. The Morgan fingerprint density at radius 2 is 2.21 bits per heavy atom. The molecule has 0 unspecified atom stereocenters. The summed E-state index contributed by atoms with van der Waals surface area (Å²) in [4.78, 5) is 10.6. The summed E-state index contributed by atoms with van der Waals surface area (Å²) in [7, 11) is 0. The van der Waals surface area contributed by atoms with Crippen LogP contribution in [0, 0.1) is 0 Å². The van der Waals surface area contributed by atoms with Crippen molar-refractivity contribution in [2.24, 2.45) is 0 Å². The summed E-state index contributed by atoms with van der Waals surface area (Å²) in [6.45, 7) is 0. The summed E-state index contributed by atoms with van der Waals surface area (Å²) >= 11 is 0. The fourth-order valence-electron chi connectivity index (χ4n) is 0.630. The largest absolute Gasteiger partial charge is 0.383 e. The molecule has 0 aliphatic carbocycles. The number of aromatic nitrogens is 2. The lowest BCUT2D eigenvalue weighted by molar-refractivity contribution is -0.163. The molecule has 0 aliphatic heterocycles. The molecule has 0 fully saturated rings. The van der Waals surface area contributed by atoms with Crippen LogP contribution >= 0.6 is 0 Å². The third kappa shape index (κ3) is 2.01. The highest BCUT2D eigenvalue weighted by molar-refractivity contribution is 5.95. The van der Waals surface area contributed by atoms with Gasteiger partial charge in [0.1, 0.15) is 5.82 Å². The van der Waals surface area contributed by atoms with Crippen molar-refractivity contribution in [1.29, 1.82) is 0 Å². The molecule has 14 heavy (non-hydrogen) atoms. The number of rotatable bonds is 3. The number of halogens is 4. The molecule has 0 saturated carbocycles. The molecule has 1 aromatic rings. The summed E-state index contributed by atoms with van der Waals surface area (Å²) in [5.74, 6) is -6.95. The summed E-state index contributed by atoms with van der Waals surface area (Å²) < 4.78 is 48.0. The molecule has 0 bridgehead atoms. The van der Waals surface area contributed by atoms with E-state index in [1.165, 1.54) is 6.20 Å². The number of hydrogen-bond acceptors (Lipinski definition) is 2.